The van der Waals surface area contributed by atoms with Crippen LogP contribution in [0.4, 0.5) is 4.39 Å². The molecular formula is C20H19FN4O2. The zero-order chi connectivity index (χ0) is 18.6. The number of hydrogen-bond acceptors (Lipinski definition) is 5. The Kier molecular flexibility index (Phi) is 4.95. The summed E-state index contributed by atoms with van der Waals surface area (Å²) in [4.78, 5) is 16.5. The first-order valence-corrected chi connectivity index (χ1v) is 8.71. The smallest absolute Gasteiger partial charge is 0.259 e. The van der Waals surface area contributed by atoms with E-state index < -0.39 is 0 Å². The minimum atomic E-state index is -0.279. The summed E-state index contributed by atoms with van der Waals surface area (Å²) in [5.74, 6) is 0.0411. The number of aromatic nitrogens is 1. The van der Waals surface area contributed by atoms with Gasteiger partial charge in [-0.1, -0.05) is 30.3 Å². The average Bonchev–Trinajstić information content (AvgIpc) is 3.15. The van der Waals surface area contributed by atoms with Gasteiger partial charge in [0.25, 0.3) is 5.91 Å². The molecule has 0 spiro atoms. The van der Waals surface area contributed by atoms with Gasteiger partial charge in [0.05, 0.1) is 6.17 Å². The van der Waals surface area contributed by atoms with Crippen molar-refractivity contribution in [3.05, 3.63) is 72.2 Å². The lowest BCUT2D eigenvalue weighted by atomic mass is 10.0. The van der Waals surface area contributed by atoms with Crippen LogP contribution in [0.2, 0.25) is 0 Å². The van der Waals surface area contributed by atoms with Crippen molar-refractivity contribution in [3.63, 3.8) is 0 Å². The first-order chi connectivity index (χ1) is 13.2. The summed E-state index contributed by atoms with van der Waals surface area (Å²) >= 11 is 0. The van der Waals surface area contributed by atoms with Gasteiger partial charge in [-0.3, -0.25) is 9.78 Å². The molecule has 2 unspecified atom stereocenters. The summed E-state index contributed by atoms with van der Waals surface area (Å²) in [5, 5.41) is 3.81. The second-order valence-corrected chi connectivity index (χ2v) is 6.37. The third-order valence-corrected chi connectivity index (χ3v) is 4.44. The molecule has 0 radical (unpaired) electrons. The van der Waals surface area contributed by atoms with E-state index in [-0.39, 0.29) is 30.5 Å². The SMILES string of the molecule is O=C(COc1cccc2cccnc12)NC1CC(c2cccc(F)c2)NN1. The second kappa shape index (κ2) is 7.69. The number of carbonyl (C=O) groups excluding carboxylic acids is 1. The molecule has 1 saturated heterocycles. The molecule has 1 fully saturated rings. The van der Waals surface area contributed by atoms with E-state index in [0.29, 0.717) is 12.2 Å². The Morgan fingerprint density at radius 3 is 2.93 bits per heavy atom. The second-order valence-electron chi connectivity index (χ2n) is 6.37. The highest BCUT2D eigenvalue weighted by atomic mass is 19.1. The van der Waals surface area contributed by atoms with E-state index in [4.69, 9.17) is 4.74 Å². The summed E-state index contributed by atoms with van der Waals surface area (Å²) in [6, 6.07) is 15.7. The molecule has 2 heterocycles. The average molecular weight is 366 g/mol. The fraction of sp³-hybridized carbons (Fsp3) is 0.200. The van der Waals surface area contributed by atoms with Gasteiger partial charge in [0.1, 0.15) is 17.1 Å². The Balaban J connectivity index is 1.32. The lowest BCUT2D eigenvalue weighted by Gasteiger charge is -2.13. The van der Waals surface area contributed by atoms with E-state index in [0.717, 1.165) is 16.5 Å². The third kappa shape index (κ3) is 4.05. The van der Waals surface area contributed by atoms with Gasteiger partial charge in [-0.25, -0.2) is 15.2 Å². The quantitative estimate of drug-likeness (QED) is 0.647. The molecule has 1 aromatic heterocycles. The highest BCUT2D eigenvalue weighted by molar-refractivity contribution is 5.85. The van der Waals surface area contributed by atoms with E-state index in [1.54, 1.807) is 18.3 Å². The molecule has 3 N–H and O–H groups in total. The van der Waals surface area contributed by atoms with Crippen LogP contribution in [0.1, 0.15) is 18.0 Å². The summed E-state index contributed by atoms with van der Waals surface area (Å²) in [6.45, 7) is -0.113. The minimum Gasteiger partial charge on any atom is -0.481 e. The summed E-state index contributed by atoms with van der Waals surface area (Å²) in [6.07, 6.45) is 2.03. The van der Waals surface area contributed by atoms with Gasteiger partial charge in [-0.05, 0) is 29.8 Å². The van der Waals surface area contributed by atoms with Gasteiger partial charge in [0.2, 0.25) is 0 Å². The number of nitrogens with one attached hydrogen (secondary N) is 3. The van der Waals surface area contributed by atoms with E-state index >= 15 is 0 Å². The predicted molar refractivity (Wildman–Crippen MR) is 99.2 cm³/mol. The molecule has 7 heteroatoms. The van der Waals surface area contributed by atoms with Gasteiger partial charge >= 0.3 is 0 Å². The van der Waals surface area contributed by atoms with E-state index in [9.17, 15) is 9.18 Å². The van der Waals surface area contributed by atoms with E-state index in [2.05, 4.69) is 21.2 Å². The monoisotopic (exact) mass is 366 g/mol. The zero-order valence-corrected chi connectivity index (χ0v) is 14.5. The fourth-order valence-electron chi connectivity index (χ4n) is 3.16. The number of amides is 1. The van der Waals surface area contributed by atoms with Crippen molar-refractivity contribution in [3.8, 4) is 5.75 Å². The van der Waals surface area contributed by atoms with Crippen LogP contribution in [-0.4, -0.2) is 23.7 Å². The number of hydrazine groups is 1. The summed E-state index contributed by atoms with van der Waals surface area (Å²) in [7, 11) is 0. The Labute approximate surface area is 155 Å². The van der Waals surface area contributed by atoms with Crippen LogP contribution in [0.5, 0.6) is 5.75 Å². The van der Waals surface area contributed by atoms with Crippen LogP contribution in [0.25, 0.3) is 10.9 Å². The molecule has 4 rings (SSSR count). The molecule has 1 amide bonds. The molecule has 0 bridgehead atoms. The van der Waals surface area contributed by atoms with Crippen molar-refractivity contribution in [2.75, 3.05) is 6.61 Å². The summed E-state index contributed by atoms with van der Waals surface area (Å²) < 4.78 is 19.0. The maximum Gasteiger partial charge on any atom is 0.259 e. The maximum absolute atomic E-state index is 13.4. The number of halogens is 1. The molecule has 1 aliphatic heterocycles. The van der Waals surface area contributed by atoms with Crippen molar-refractivity contribution in [1.82, 2.24) is 21.2 Å². The number of pyridine rings is 1. The number of hydrogen-bond donors (Lipinski definition) is 3. The highest BCUT2D eigenvalue weighted by Gasteiger charge is 2.26. The summed E-state index contributed by atoms with van der Waals surface area (Å²) in [5.41, 5.74) is 7.64. The highest BCUT2D eigenvalue weighted by Crippen LogP contribution is 2.23. The lowest BCUT2D eigenvalue weighted by Crippen LogP contribution is -2.45. The molecule has 2 atom stereocenters. The molecule has 1 aliphatic rings. The van der Waals surface area contributed by atoms with Crippen LogP contribution in [0.15, 0.2) is 60.8 Å². The van der Waals surface area contributed by atoms with Crippen LogP contribution in [0, 0.1) is 5.82 Å². The Morgan fingerprint density at radius 2 is 2.04 bits per heavy atom. The first-order valence-electron chi connectivity index (χ1n) is 8.71. The van der Waals surface area contributed by atoms with E-state index in [1.165, 1.54) is 12.1 Å². The number of carbonyl (C=O) groups is 1. The molecule has 0 saturated carbocycles. The fourth-order valence-corrected chi connectivity index (χ4v) is 3.16. The minimum absolute atomic E-state index is 0.0748. The van der Waals surface area contributed by atoms with Gasteiger partial charge in [-0.2, -0.15) is 0 Å². The third-order valence-electron chi connectivity index (χ3n) is 4.44. The molecule has 3 aromatic rings. The first kappa shape index (κ1) is 17.4. The molecule has 0 aliphatic carbocycles. The van der Waals surface area contributed by atoms with Gasteiger partial charge < -0.3 is 10.1 Å². The largest absolute Gasteiger partial charge is 0.481 e. The van der Waals surface area contributed by atoms with Crippen molar-refractivity contribution < 1.29 is 13.9 Å². The van der Waals surface area contributed by atoms with Gasteiger partial charge in [0.15, 0.2) is 6.61 Å². The molecular weight excluding hydrogens is 347 g/mol. The van der Waals surface area contributed by atoms with Crippen molar-refractivity contribution >= 4 is 16.8 Å². The van der Waals surface area contributed by atoms with Crippen molar-refractivity contribution in [2.45, 2.75) is 18.6 Å². The number of rotatable bonds is 5. The maximum atomic E-state index is 13.4. The normalized spacial score (nSPS) is 19.1. The topological polar surface area (TPSA) is 75.3 Å². The van der Waals surface area contributed by atoms with Gasteiger partial charge in [0, 0.05) is 24.0 Å². The number of para-hydroxylation sites is 1. The molecule has 6 nitrogen and oxygen atoms in total. The van der Waals surface area contributed by atoms with E-state index in [1.807, 2.05) is 30.3 Å². The standard InChI is InChI=1S/C20H19FN4O2/c21-15-7-1-5-14(10-15)16-11-18(25-24-16)23-19(26)12-27-17-8-2-4-13-6-3-9-22-20(13)17/h1-10,16,18,24-25H,11-12H2,(H,23,26). The van der Waals surface area contributed by atoms with Gasteiger partial charge in [-0.15, -0.1) is 0 Å². The Bertz CT molecular complexity index is 960. The molecule has 27 heavy (non-hydrogen) atoms. The molecule has 2 aromatic carbocycles. The van der Waals surface area contributed by atoms with Crippen LogP contribution >= 0.6 is 0 Å². The lowest BCUT2D eigenvalue weighted by molar-refractivity contribution is -0.123. The number of nitrogens with zero attached hydrogens (tertiary/aromatic N) is 1. The zero-order valence-electron chi connectivity index (χ0n) is 14.5. The van der Waals surface area contributed by atoms with Crippen molar-refractivity contribution in [1.29, 1.82) is 0 Å². The number of fused-ring (bicyclic) bond motifs is 1. The van der Waals surface area contributed by atoms with Crippen LogP contribution in [0.3, 0.4) is 0 Å². The number of benzene rings is 2. The van der Waals surface area contributed by atoms with Crippen molar-refractivity contribution in [2.24, 2.45) is 0 Å². The van der Waals surface area contributed by atoms with Crippen LogP contribution in [-0.2, 0) is 4.79 Å². The van der Waals surface area contributed by atoms with Crippen LogP contribution < -0.4 is 20.9 Å². The molecule has 138 valence electrons. The Morgan fingerprint density at radius 1 is 1.19 bits per heavy atom. The predicted octanol–water partition coefficient (Wildman–Crippen LogP) is 2.43. The number of ether oxygens (including phenoxy) is 1. The Hall–Kier alpha value is -3.03.